The summed E-state index contributed by atoms with van der Waals surface area (Å²) in [6.07, 6.45) is 1.80. The van der Waals surface area contributed by atoms with Gasteiger partial charge in [0.1, 0.15) is 5.75 Å². The quantitative estimate of drug-likeness (QED) is 0.667. The predicted molar refractivity (Wildman–Crippen MR) is 60.7 cm³/mol. The van der Waals surface area contributed by atoms with Crippen molar-refractivity contribution >= 4 is 0 Å². The Balaban J connectivity index is 2.30. The molecule has 3 nitrogen and oxygen atoms in total. The van der Waals surface area contributed by atoms with Crippen LogP contribution in [0, 0.1) is 0 Å². The highest BCUT2D eigenvalue weighted by molar-refractivity contribution is 5.26. The standard InChI is InChI=1S/C12H19NO2/c1-10(4-3-7-14)13-9-11-5-2-6-12(15)8-11/h2,5-6,8,10,13-15H,3-4,7,9H2,1H3. The first-order valence-electron chi connectivity index (χ1n) is 5.34. The number of benzene rings is 1. The summed E-state index contributed by atoms with van der Waals surface area (Å²) < 4.78 is 0. The molecular formula is C12H19NO2. The molecule has 0 aliphatic rings. The van der Waals surface area contributed by atoms with Crippen molar-refractivity contribution < 1.29 is 10.2 Å². The monoisotopic (exact) mass is 209 g/mol. The summed E-state index contributed by atoms with van der Waals surface area (Å²) in [5, 5.41) is 21.3. The lowest BCUT2D eigenvalue weighted by Crippen LogP contribution is -2.25. The van der Waals surface area contributed by atoms with Crippen LogP contribution in [0.5, 0.6) is 5.75 Å². The summed E-state index contributed by atoms with van der Waals surface area (Å²) in [6, 6.07) is 7.63. The first-order valence-corrected chi connectivity index (χ1v) is 5.34. The van der Waals surface area contributed by atoms with Crippen LogP contribution in [-0.4, -0.2) is 22.9 Å². The zero-order chi connectivity index (χ0) is 11.1. The van der Waals surface area contributed by atoms with Gasteiger partial charge >= 0.3 is 0 Å². The first kappa shape index (κ1) is 12.0. The number of phenols is 1. The van der Waals surface area contributed by atoms with Crippen LogP contribution in [0.1, 0.15) is 25.3 Å². The third-order valence-electron chi connectivity index (χ3n) is 2.36. The molecule has 0 aliphatic carbocycles. The minimum absolute atomic E-state index is 0.248. The maximum Gasteiger partial charge on any atom is 0.115 e. The Morgan fingerprint density at radius 2 is 2.20 bits per heavy atom. The Kier molecular flexibility index (Phi) is 5.15. The fraction of sp³-hybridized carbons (Fsp3) is 0.500. The summed E-state index contributed by atoms with van der Waals surface area (Å²) >= 11 is 0. The molecule has 0 saturated heterocycles. The van der Waals surface area contributed by atoms with Gasteiger partial charge in [-0.05, 0) is 37.5 Å². The van der Waals surface area contributed by atoms with Crippen molar-refractivity contribution in [3.8, 4) is 5.75 Å². The molecule has 1 aromatic carbocycles. The Hall–Kier alpha value is -1.06. The largest absolute Gasteiger partial charge is 0.508 e. The normalized spacial score (nSPS) is 12.7. The Morgan fingerprint density at radius 3 is 2.87 bits per heavy atom. The Labute approximate surface area is 90.8 Å². The van der Waals surface area contributed by atoms with Crippen LogP contribution in [0.2, 0.25) is 0 Å². The molecule has 1 aromatic rings. The Bertz CT molecular complexity index is 289. The third kappa shape index (κ3) is 4.81. The zero-order valence-corrected chi connectivity index (χ0v) is 9.11. The molecule has 1 rings (SSSR count). The van der Waals surface area contributed by atoms with Gasteiger partial charge < -0.3 is 15.5 Å². The summed E-state index contributed by atoms with van der Waals surface area (Å²) in [6.45, 7) is 3.09. The van der Waals surface area contributed by atoms with Crippen LogP contribution in [0.3, 0.4) is 0 Å². The van der Waals surface area contributed by atoms with Crippen LogP contribution in [0.4, 0.5) is 0 Å². The fourth-order valence-corrected chi connectivity index (χ4v) is 1.46. The molecule has 15 heavy (non-hydrogen) atoms. The molecule has 0 amide bonds. The van der Waals surface area contributed by atoms with Gasteiger partial charge in [0.25, 0.3) is 0 Å². The molecule has 0 aliphatic heterocycles. The second kappa shape index (κ2) is 6.43. The third-order valence-corrected chi connectivity index (χ3v) is 2.36. The average molecular weight is 209 g/mol. The van der Waals surface area contributed by atoms with Crippen molar-refractivity contribution in [1.82, 2.24) is 5.32 Å². The SMILES string of the molecule is CC(CCCO)NCc1cccc(O)c1. The average Bonchev–Trinajstić information content (AvgIpc) is 2.23. The van der Waals surface area contributed by atoms with Crippen molar-refractivity contribution in [3.05, 3.63) is 29.8 Å². The highest BCUT2D eigenvalue weighted by Gasteiger charge is 2.01. The van der Waals surface area contributed by atoms with Gasteiger partial charge in [-0.25, -0.2) is 0 Å². The second-order valence-corrected chi connectivity index (χ2v) is 3.82. The van der Waals surface area contributed by atoms with E-state index in [1.807, 2.05) is 12.1 Å². The summed E-state index contributed by atoms with van der Waals surface area (Å²) in [7, 11) is 0. The van der Waals surface area contributed by atoms with Crippen molar-refractivity contribution in [3.63, 3.8) is 0 Å². The first-order chi connectivity index (χ1) is 7.22. The lowest BCUT2D eigenvalue weighted by atomic mass is 10.1. The highest BCUT2D eigenvalue weighted by atomic mass is 16.3. The molecule has 3 heteroatoms. The van der Waals surface area contributed by atoms with Gasteiger partial charge in [-0.3, -0.25) is 0 Å². The van der Waals surface area contributed by atoms with E-state index in [1.165, 1.54) is 0 Å². The Morgan fingerprint density at radius 1 is 1.40 bits per heavy atom. The fourth-order valence-electron chi connectivity index (χ4n) is 1.46. The van der Waals surface area contributed by atoms with Gasteiger partial charge in [0.05, 0.1) is 0 Å². The number of aliphatic hydroxyl groups is 1. The molecule has 0 fully saturated rings. The van der Waals surface area contributed by atoms with Crippen molar-refractivity contribution in [1.29, 1.82) is 0 Å². The van der Waals surface area contributed by atoms with Gasteiger partial charge in [-0.1, -0.05) is 12.1 Å². The van der Waals surface area contributed by atoms with E-state index in [0.29, 0.717) is 11.8 Å². The number of rotatable bonds is 6. The second-order valence-electron chi connectivity index (χ2n) is 3.82. The van der Waals surface area contributed by atoms with Gasteiger partial charge in [-0.2, -0.15) is 0 Å². The van der Waals surface area contributed by atoms with Gasteiger partial charge in [-0.15, -0.1) is 0 Å². The van der Waals surface area contributed by atoms with Crippen molar-refractivity contribution in [2.45, 2.75) is 32.4 Å². The molecule has 0 bridgehead atoms. The van der Waals surface area contributed by atoms with E-state index in [-0.39, 0.29) is 6.61 Å². The molecule has 1 atom stereocenters. The number of aromatic hydroxyl groups is 1. The van der Waals surface area contributed by atoms with Gasteiger partial charge in [0.15, 0.2) is 0 Å². The van der Waals surface area contributed by atoms with Crippen molar-refractivity contribution in [2.24, 2.45) is 0 Å². The van der Waals surface area contributed by atoms with E-state index in [4.69, 9.17) is 5.11 Å². The predicted octanol–water partition coefficient (Wildman–Crippen LogP) is 1.64. The number of aliphatic hydroxyl groups excluding tert-OH is 1. The lowest BCUT2D eigenvalue weighted by Gasteiger charge is -2.13. The van der Waals surface area contributed by atoms with Gasteiger partial charge in [0.2, 0.25) is 0 Å². The smallest absolute Gasteiger partial charge is 0.115 e. The van der Waals surface area contributed by atoms with Crippen molar-refractivity contribution in [2.75, 3.05) is 6.61 Å². The molecule has 0 aromatic heterocycles. The number of hydrogen-bond acceptors (Lipinski definition) is 3. The molecule has 3 N–H and O–H groups in total. The minimum atomic E-state index is 0.248. The molecule has 0 saturated carbocycles. The molecule has 0 heterocycles. The molecule has 0 spiro atoms. The van der Waals surface area contributed by atoms with Crippen LogP contribution >= 0.6 is 0 Å². The van der Waals surface area contributed by atoms with Crippen LogP contribution in [0.25, 0.3) is 0 Å². The van der Waals surface area contributed by atoms with E-state index < -0.39 is 0 Å². The maximum atomic E-state index is 9.26. The number of hydrogen-bond donors (Lipinski definition) is 3. The molecular weight excluding hydrogens is 190 g/mol. The maximum absolute atomic E-state index is 9.26. The lowest BCUT2D eigenvalue weighted by molar-refractivity contribution is 0.276. The van der Waals surface area contributed by atoms with Crippen LogP contribution < -0.4 is 5.32 Å². The summed E-state index contributed by atoms with van der Waals surface area (Å²) in [4.78, 5) is 0. The van der Waals surface area contributed by atoms with Crippen LogP contribution in [-0.2, 0) is 6.54 Å². The molecule has 84 valence electrons. The van der Waals surface area contributed by atoms with E-state index >= 15 is 0 Å². The van der Waals surface area contributed by atoms with E-state index in [1.54, 1.807) is 12.1 Å². The summed E-state index contributed by atoms with van der Waals surface area (Å²) in [5.41, 5.74) is 1.07. The topological polar surface area (TPSA) is 52.5 Å². The van der Waals surface area contributed by atoms with E-state index in [2.05, 4.69) is 12.2 Å². The van der Waals surface area contributed by atoms with E-state index in [0.717, 1.165) is 24.9 Å². The molecule has 1 unspecified atom stereocenters. The number of nitrogens with one attached hydrogen (secondary N) is 1. The van der Waals surface area contributed by atoms with E-state index in [9.17, 15) is 5.11 Å². The number of phenolic OH excluding ortho intramolecular Hbond substituents is 1. The van der Waals surface area contributed by atoms with Crippen LogP contribution in [0.15, 0.2) is 24.3 Å². The zero-order valence-electron chi connectivity index (χ0n) is 9.11. The summed E-state index contributed by atoms with van der Waals surface area (Å²) in [5.74, 6) is 0.303. The minimum Gasteiger partial charge on any atom is -0.508 e. The van der Waals surface area contributed by atoms with Gasteiger partial charge in [0, 0.05) is 19.2 Å². The highest BCUT2D eigenvalue weighted by Crippen LogP contribution is 2.10. The molecule has 0 radical (unpaired) electrons.